The first-order valence-corrected chi connectivity index (χ1v) is 7.37. The molecule has 1 aliphatic rings. The van der Waals surface area contributed by atoms with Gasteiger partial charge in [0.1, 0.15) is 0 Å². The molecule has 82 valence electrons. The van der Waals surface area contributed by atoms with Crippen LogP contribution in [0.2, 0.25) is 0 Å². The highest BCUT2D eigenvalue weighted by atomic mass is 79.9. The Morgan fingerprint density at radius 1 is 1.64 bits per heavy atom. The van der Waals surface area contributed by atoms with Gasteiger partial charge < -0.3 is 5.32 Å². The Hall–Kier alpha value is 0.300. The molecule has 4 heteroatoms. The number of carbonyl (C=O) groups is 1. The van der Waals surface area contributed by atoms with Crippen molar-refractivity contribution in [1.82, 2.24) is 5.32 Å². The predicted octanol–water partition coefficient (Wildman–Crippen LogP) is 2.28. The van der Waals surface area contributed by atoms with E-state index in [2.05, 4.69) is 35.1 Å². The highest BCUT2D eigenvalue weighted by Gasteiger charge is 2.25. The maximum atomic E-state index is 11.8. The van der Waals surface area contributed by atoms with Crippen LogP contribution in [0, 0.1) is 11.8 Å². The summed E-state index contributed by atoms with van der Waals surface area (Å²) in [6.45, 7) is 4.27. The molecule has 0 aromatic heterocycles. The van der Waals surface area contributed by atoms with Crippen LogP contribution in [0.5, 0.6) is 0 Å². The Balaban J connectivity index is 2.37. The van der Waals surface area contributed by atoms with E-state index in [1.807, 2.05) is 11.8 Å². The largest absolute Gasteiger partial charge is 0.352 e. The fraction of sp³-hybridized carbons (Fsp3) is 0.900. The molecule has 2 nitrogen and oxygen atoms in total. The van der Waals surface area contributed by atoms with Crippen LogP contribution in [-0.4, -0.2) is 28.8 Å². The molecule has 1 N–H and O–H groups in total. The molecule has 14 heavy (non-hydrogen) atoms. The van der Waals surface area contributed by atoms with E-state index in [0.717, 1.165) is 23.3 Å². The summed E-state index contributed by atoms with van der Waals surface area (Å²) in [7, 11) is 0. The summed E-state index contributed by atoms with van der Waals surface area (Å²) in [6, 6.07) is 0.271. The number of nitrogens with one attached hydrogen (secondary N) is 1. The lowest BCUT2D eigenvalue weighted by atomic mass is 10.0. The average molecular weight is 280 g/mol. The summed E-state index contributed by atoms with van der Waals surface area (Å²) < 4.78 is 0. The first-order valence-electron chi connectivity index (χ1n) is 5.09. The third kappa shape index (κ3) is 3.46. The van der Waals surface area contributed by atoms with Crippen molar-refractivity contribution in [1.29, 1.82) is 0 Å². The fourth-order valence-electron chi connectivity index (χ4n) is 1.43. The lowest BCUT2D eigenvalue weighted by molar-refractivity contribution is -0.125. The van der Waals surface area contributed by atoms with Gasteiger partial charge in [-0.3, -0.25) is 4.79 Å². The molecule has 2 unspecified atom stereocenters. The van der Waals surface area contributed by atoms with Gasteiger partial charge in [-0.25, -0.2) is 0 Å². The van der Waals surface area contributed by atoms with E-state index in [1.54, 1.807) is 0 Å². The molecule has 2 atom stereocenters. The van der Waals surface area contributed by atoms with E-state index in [1.165, 1.54) is 0 Å². The molecule has 1 fully saturated rings. The zero-order chi connectivity index (χ0) is 10.6. The lowest BCUT2D eigenvalue weighted by Gasteiger charge is -2.21. The van der Waals surface area contributed by atoms with Gasteiger partial charge in [-0.05, 0) is 18.1 Å². The van der Waals surface area contributed by atoms with Gasteiger partial charge in [-0.15, -0.1) is 0 Å². The van der Waals surface area contributed by atoms with Crippen molar-refractivity contribution in [2.45, 2.75) is 26.3 Å². The second-order valence-corrected chi connectivity index (χ2v) is 5.87. The van der Waals surface area contributed by atoms with Crippen LogP contribution in [-0.2, 0) is 4.79 Å². The SMILES string of the molecule is CC(C)C(CBr)NC(=O)C1CCSC1. The quantitative estimate of drug-likeness (QED) is 0.800. The summed E-state index contributed by atoms with van der Waals surface area (Å²) in [5.74, 6) is 3.12. The van der Waals surface area contributed by atoms with Gasteiger partial charge in [0.2, 0.25) is 5.91 Å². The highest BCUT2D eigenvalue weighted by molar-refractivity contribution is 9.09. The second-order valence-electron chi connectivity index (χ2n) is 4.07. The van der Waals surface area contributed by atoms with E-state index in [0.29, 0.717) is 5.92 Å². The number of hydrogen-bond donors (Lipinski definition) is 1. The summed E-state index contributed by atoms with van der Waals surface area (Å²) in [5, 5.41) is 3.95. The van der Waals surface area contributed by atoms with Crippen molar-refractivity contribution in [3.8, 4) is 0 Å². The monoisotopic (exact) mass is 279 g/mol. The summed E-state index contributed by atoms with van der Waals surface area (Å²) in [6.07, 6.45) is 1.05. The Kier molecular flexibility index (Phi) is 5.31. The first kappa shape index (κ1) is 12.4. The maximum absolute atomic E-state index is 11.8. The number of thioether (sulfide) groups is 1. The van der Waals surface area contributed by atoms with Crippen LogP contribution in [0.1, 0.15) is 20.3 Å². The van der Waals surface area contributed by atoms with Gasteiger partial charge >= 0.3 is 0 Å². The Labute approximate surface area is 98.7 Å². The number of halogens is 1. The zero-order valence-electron chi connectivity index (χ0n) is 8.75. The van der Waals surface area contributed by atoms with Crippen LogP contribution >= 0.6 is 27.7 Å². The summed E-state index contributed by atoms with van der Waals surface area (Å²) in [5.41, 5.74) is 0. The number of carbonyl (C=O) groups excluding carboxylic acids is 1. The van der Waals surface area contributed by atoms with Crippen LogP contribution < -0.4 is 5.32 Å². The molecule has 1 rings (SSSR count). The van der Waals surface area contributed by atoms with E-state index < -0.39 is 0 Å². The van der Waals surface area contributed by atoms with Gasteiger partial charge in [0, 0.05) is 23.0 Å². The average Bonchev–Trinajstić information content (AvgIpc) is 2.65. The molecule has 0 aromatic carbocycles. The molecule has 0 saturated carbocycles. The van der Waals surface area contributed by atoms with Crippen molar-refractivity contribution in [2.75, 3.05) is 16.8 Å². The molecule has 0 aromatic rings. The van der Waals surface area contributed by atoms with E-state index in [4.69, 9.17) is 0 Å². The molecule has 1 aliphatic heterocycles. The Morgan fingerprint density at radius 2 is 2.36 bits per heavy atom. The maximum Gasteiger partial charge on any atom is 0.224 e. The van der Waals surface area contributed by atoms with Gasteiger partial charge in [0.25, 0.3) is 0 Å². The normalized spacial score (nSPS) is 23.9. The van der Waals surface area contributed by atoms with Crippen LogP contribution in [0.25, 0.3) is 0 Å². The zero-order valence-corrected chi connectivity index (χ0v) is 11.2. The van der Waals surface area contributed by atoms with Crippen molar-refractivity contribution < 1.29 is 4.79 Å². The van der Waals surface area contributed by atoms with Gasteiger partial charge in [-0.1, -0.05) is 29.8 Å². The summed E-state index contributed by atoms with van der Waals surface area (Å²) >= 11 is 5.31. The van der Waals surface area contributed by atoms with Crippen LogP contribution in [0.3, 0.4) is 0 Å². The standard InChI is InChI=1S/C10H18BrNOS/c1-7(2)9(5-11)12-10(13)8-3-4-14-6-8/h7-9H,3-6H2,1-2H3,(H,12,13). The number of rotatable bonds is 4. The first-order chi connectivity index (χ1) is 6.65. The van der Waals surface area contributed by atoms with Crippen LogP contribution in [0.15, 0.2) is 0 Å². The molecular formula is C10H18BrNOS. The van der Waals surface area contributed by atoms with Gasteiger partial charge in [0.05, 0.1) is 0 Å². The molecule has 0 radical (unpaired) electrons. The molecule has 1 saturated heterocycles. The minimum atomic E-state index is 0.244. The van der Waals surface area contributed by atoms with E-state index in [9.17, 15) is 4.79 Å². The number of amides is 1. The van der Waals surface area contributed by atoms with Gasteiger partial charge in [-0.2, -0.15) is 11.8 Å². The van der Waals surface area contributed by atoms with Gasteiger partial charge in [0.15, 0.2) is 0 Å². The Morgan fingerprint density at radius 3 is 2.79 bits per heavy atom. The lowest BCUT2D eigenvalue weighted by Crippen LogP contribution is -2.42. The van der Waals surface area contributed by atoms with Crippen molar-refractivity contribution in [2.24, 2.45) is 11.8 Å². The second kappa shape index (κ2) is 6.01. The molecule has 0 bridgehead atoms. The minimum Gasteiger partial charge on any atom is -0.352 e. The molecule has 0 aliphatic carbocycles. The third-order valence-electron chi connectivity index (χ3n) is 2.60. The molecule has 1 amide bonds. The van der Waals surface area contributed by atoms with E-state index in [-0.39, 0.29) is 17.9 Å². The minimum absolute atomic E-state index is 0.244. The molecule has 1 heterocycles. The topological polar surface area (TPSA) is 29.1 Å². The Bertz CT molecular complexity index is 193. The highest BCUT2D eigenvalue weighted by Crippen LogP contribution is 2.23. The molecule has 0 spiro atoms. The summed E-state index contributed by atoms with van der Waals surface area (Å²) in [4.78, 5) is 11.8. The number of alkyl halides is 1. The molecular weight excluding hydrogens is 262 g/mol. The fourth-order valence-corrected chi connectivity index (χ4v) is 3.56. The van der Waals surface area contributed by atoms with Crippen molar-refractivity contribution >= 4 is 33.6 Å². The third-order valence-corrected chi connectivity index (χ3v) is 4.46. The van der Waals surface area contributed by atoms with Crippen molar-refractivity contribution in [3.63, 3.8) is 0 Å². The van der Waals surface area contributed by atoms with E-state index >= 15 is 0 Å². The number of hydrogen-bond acceptors (Lipinski definition) is 2. The van der Waals surface area contributed by atoms with Crippen LogP contribution in [0.4, 0.5) is 0 Å². The predicted molar refractivity (Wildman–Crippen MR) is 66.0 cm³/mol. The smallest absolute Gasteiger partial charge is 0.224 e. The van der Waals surface area contributed by atoms with Crippen molar-refractivity contribution in [3.05, 3.63) is 0 Å².